The highest BCUT2D eigenvalue weighted by molar-refractivity contribution is 5.83. The predicted molar refractivity (Wildman–Crippen MR) is 113 cm³/mol. The van der Waals surface area contributed by atoms with Crippen molar-refractivity contribution in [3.8, 4) is 6.01 Å². The van der Waals surface area contributed by atoms with E-state index in [1.807, 2.05) is 12.4 Å². The first-order valence-corrected chi connectivity index (χ1v) is 9.59. The maximum Gasteiger partial charge on any atom is 0.322 e. The van der Waals surface area contributed by atoms with E-state index in [0.717, 1.165) is 5.57 Å². The fourth-order valence-electron chi connectivity index (χ4n) is 3.55. The molecule has 0 radical (unpaired) electrons. The van der Waals surface area contributed by atoms with Crippen molar-refractivity contribution in [1.29, 1.82) is 0 Å². The van der Waals surface area contributed by atoms with Gasteiger partial charge < -0.3 is 15.1 Å². The van der Waals surface area contributed by atoms with Crippen molar-refractivity contribution >= 4 is 18.1 Å². The van der Waals surface area contributed by atoms with Crippen LogP contribution in [0.2, 0.25) is 0 Å². The second-order valence-electron chi connectivity index (χ2n) is 7.50. The van der Waals surface area contributed by atoms with E-state index in [-0.39, 0.29) is 30.1 Å². The van der Waals surface area contributed by atoms with Crippen LogP contribution in [0.4, 0.5) is 11.9 Å². The molecule has 0 saturated heterocycles. The number of fused-ring (bicyclic) bond motifs is 1. The SMILES string of the molecule is COc1nc(NNC=C2C=NC3C(C)=CC=CC23)nc(N(C(C)C)C(C)C)n1. The summed E-state index contributed by atoms with van der Waals surface area (Å²) in [7, 11) is 1.55. The van der Waals surface area contributed by atoms with Gasteiger partial charge in [0.1, 0.15) is 0 Å². The molecule has 1 aliphatic carbocycles. The maximum absolute atomic E-state index is 5.26. The van der Waals surface area contributed by atoms with Crippen LogP contribution in [0.1, 0.15) is 34.6 Å². The summed E-state index contributed by atoms with van der Waals surface area (Å²) in [5.74, 6) is 1.24. The molecule has 2 unspecified atom stereocenters. The summed E-state index contributed by atoms with van der Waals surface area (Å²) in [4.78, 5) is 19.9. The van der Waals surface area contributed by atoms with E-state index in [2.05, 4.69) is 88.5 Å². The molecule has 0 aromatic carbocycles. The Bertz CT molecular complexity index is 818. The molecule has 0 saturated carbocycles. The molecular weight excluding hydrogens is 354 g/mol. The van der Waals surface area contributed by atoms with Crippen LogP contribution in [0.5, 0.6) is 6.01 Å². The Labute approximate surface area is 166 Å². The van der Waals surface area contributed by atoms with Crippen molar-refractivity contribution in [1.82, 2.24) is 20.4 Å². The van der Waals surface area contributed by atoms with Gasteiger partial charge in [0, 0.05) is 30.4 Å². The number of rotatable bonds is 7. The average molecular weight is 384 g/mol. The number of allylic oxidation sites excluding steroid dienone is 2. The smallest absolute Gasteiger partial charge is 0.322 e. The molecule has 1 aromatic heterocycles. The summed E-state index contributed by atoms with van der Waals surface area (Å²) in [6, 6.07) is 0.964. The standard InChI is InChI=1S/C20H29N7O/c1-12(2)27(13(3)4)19-23-18(24-20(25-19)28-6)26-22-11-15-10-21-17-14(5)8-7-9-16(15)17/h7-13,16-17,22H,1-6H3,(H,23,24,25,26). The number of hydrogen-bond acceptors (Lipinski definition) is 8. The zero-order chi connectivity index (χ0) is 20.3. The minimum atomic E-state index is 0.201. The summed E-state index contributed by atoms with van der Waals surface area (Å²) in [5, 5.41) is 0. The number of nitrogens with zero attached hydrogens (tertiary/aromatic N) is 5. The van der Waals surface area contributed by atoms with Crippen molar-refractivity contribution in [2.24, 2.45) is 10.9 Å². The first kappa shape index (κ1) is 19.9. The Balaban J connectivity index is 1.74. The molecule has 1 aliphatic heterocycles. The van der Waals surface area contributed by atoms with Gasteiger partial charge in [-0.1, -0.05) is 18.2 Å². The second-order valence-corrected chi connectivity index (χ2v) is 7.50. The van der Waals surface area contributed by atoms with Gasteiger partial charge in [-0.3, -0.25) is 10.4 Å². The van der Waals surface area contributed by atoms with Gasteiger partial charge in [-0.2, -0.15) is 15.0 Å². The van der Waals surface area contributed by atoms with Crippen LogP contribution in [-0.2, 0) is 0 Å². The topological polar surface area (TPSA) is 87.6 Å². The minimum absolute atomic E-state index is 0.201. The number of ether oxygens (including phenoxy) is 1. The quantitative estimate of drug-likeness (QED) is 0.700. The second kappa shape index (κ2) is 8.41. The van der Waals surface area contributed by atoms with Crippen LogP contribution < -0.4 is 20.5 Å². The van der Waals surface area contributed by atoms with E-state index >= 15 is 0 Å². The monoisotopic (exact) mass is 383 g/mol. The van der Waals surface area contributed by atoms with Crippen molar-refractivity contribution in [3.05, 3.63) is 35.6 Å². The van der Waals surface area contributed by atoms with Crippen LogP contribution in [0.15, 0.2) is 40.6 Å². The zero-order valence-corrected chi connectivity index (χ0v) is 17.3. The average Bonchev–Trinajstić information content (AvgIpc) is 3.05. The van der Waals surface area contributed by atoms with E-state index in [0.29, 0.717) is 11.9 Å². The molecule has 1 aromatic rings. The Morgan fingerprint density at radius 1 is 1.14 bits per heavy atom. The molecule has 2 aliphatic rings. The molecule has 8 heteroatoms. The minimum Gasteiger partial charge on any atom is -0.467 e. The highest BCUT2D eigenvalue weighted by atomic mass is 16.5. The fraction of sp³-hybridized carbons (Fsp3) is 0.500. The highest BCUT2D eigenvalue weighted by Crippen LogP contribution is 2.31. The fourth-order valence-corrected chi connectivity index (χ4v) is 3.55. The number of nitrogens with one attached hydrogen (secondary N) is 2. The molecule has 2 N–H and O–H groups in total. The molecule has 2 atom stereocenters. The Kier molecular flexibility index (Phi) is 5.96. The van der Waals surface area contributed by atoms with E-state index < -0.39 is 0 Å². The summed E-state index contributed by atoms with van der Waals surface area (Å²) in [5.41, 5.74) is 8.49. The predicted octanol–water partition coefficient (Wildman–Crippen LogP) is 2.89. The van der Waals surface area contributed by atoms with Crippen LogP contribution in [-0.4, -0.2) is 46.4 Å². The Hall–Kier alpha value is -2.90. The first-order valence-electron chi connectivity index (χ1n) is 9.59. The maximum atomic E-state index is 5.26. The van der Waals surface area contributed by atoms with Crippen molar-refractivity contribution < 1.29 is 4.74 Å². The number of methoxy groups -OCH3 is 1. The summed E-state index contributed by atoms with van der Waals surface area (Å²) in [6.45, 7) is 10.5. The van der Waals surface area contributed by atoms with Gasteiger partial charge in [0.25, 0.3) is 0 Å². The molecular formula is C20H29N7O. The lowest BCUT2D eigenvalue weighted by molar-refractivity contribution is 0.377. The third-order valence-corrected chi connectivity index (χ3v) is 4.81. The van der Waals surface area contributed by atoms with Crippen molar-refractivity contribution in [2.45, 2.75) is 52.7 Å². The van der Waals surface area contributed by atoms with Crippen molar-refractivity contribution in [2.75, 3.05) is 17.4 Å². The lowest BCUT2D eigenvalue weighted by atomic mass is 9.87. The number of hydrogen-bond donors (Lipinski definition) is 2. The third-order valence-electron chi connectivity index (χ3n) is 4.81. The number of anilines is 2. The lowest BCUT2D eigenvalue weighted by Crippen LogP contribution is -2.38. The zero-order valence-electron chi connectivity index (χ0n) is 17.3. The molecule has 0 spiro atoms. The van der Waals surface area contributed by atoms with E-state index in [4.69, 9.17) is 4.74 Å². The molecule has 150 valence electrons. The largest absolute Gasteiger partial charge is 0.467 e. The van der Waals surface area contributed by atoms with E-state index in [1.54, 1.807) is 7.11 Å². The lowest BCUT2D eigenvalue weighted by Gasteiger charge is -2.30. The third kappa shape index (κ3) is 4.16. The molecule has 8 nitrogen and oxygen atoms in total. The van der Waals surface area contributed by atoms with E-state index in [1.165, 1.54) is 5.57 Å². The first-order chi connectivity index (χ1) is 13.4. The van der Waals surface area contributed by atoms with Crippen molar-refractivity contribution in [3.63, 3.8) is 0 Å². The van der Waals surface area contributed by atoms with Crippen LogP contribution in [0.3, 0.4) is 0 Å². The normalized spacial score (nSPS) is 21.9. The molecule has 2 heterocycles. The van der Waals surface area contributed by atoms with Gasteiger partial charge >= 0.3 is 6.01 Å². The summed E-state index contributed by atoms with van der Waals surface area (Å²) in [6.07, 6.45) is 10.2. The summed E-state index contributed by atoms with van der Waals surface area (Å²) >= 11 is 0. The Morgan fingerprint density at radius 2 is 1.89 bits per heavy atom. The molecule has 3 rings (SSSR count). The van der Waals surface area contributed by atoms with Crippen LogP contribution in [0.25, 0.3) is 0 Å². The van der Waals surface area contributed by atoms with Gasteiger partial charge in [-0.15, -0.1) is 0 Å². The van der Waals surface area contributed by atoms with Crippen LogP contribution >= 0.6 is 0 Å². The van der Waals surface area contributed by atoms with E-state index in [9.17, 15) is 0 Å². The molecule has 28 heavy (non-hydrogen) atoms. The van der Waals surface area contributed by atoms with Gasteiger partial charge in [0.2, 0.25) is 11.9 Å². The number of aromatic nitrogens is 3. The molecule has 0 fully saturated rings. The van der Waals surface area contributed by atoms with Gasteiger partial charge in [-0.25, -0.2) is 0 Å². The Morgan fingerprint density at radius 3 is 2.57 bits per heavy atom. The van der Waals surface area contributed by atoms with Gasteiger partial charge in [-0.05, 0) is 45.8 Å². The molecule has 0 bridgehead atoms. The van der Waals surface area contributed by atoms with Crippen LogP contribution in [0, 0.1) is 5.92 Å². The molecule has 0 amide bonds. The van der Waals surface area contributed by atoms with Gasteiger partial charge in [0.15, 0.2) is 0 Å². The number of aliphatic imine (C=N–C) groups is 1. The summed E-state index contributed by atoms with van der Waals surface area (Å²) < 4.78 is 5.26. The van der Waals surface area contributed by atoms with Gasteiger partial charge in [0.05, 0.1) is 13.2 Å². The highest BCUT2D eigenvalue weighted by Gasteiger charge is 2.29. The number of hydrazine groups is 1.